The molecule has 0 spiro atoms. The maximum atomic E-state index is 13.5. The minimum absolute atomic E-state index is 0.0588. The van der Waals surface area contributed by atoms with E-state index >= 15 is 0 Å². The van der Waals surface area contributed by atoms with Crippen LogP contribution in [0.1, 0.15) is 33.6 Å². The molecule has 7 heteroatoms. The fourth-order valence-corrected chi connectivity index (χ4v) is 4.70. The van der Waals surface area contributed by atoms with Crippen LogP contribution in [0.25, 0.3) is 11.8 Å². The van der Waals surface area contributed by atoms with Gasteiger partial charge in [-0.15, -0.1) is 0 Å². The van der Waals surface area contributed by atoms with Crippen molar-refractivity contribution in [2.24, 2.45) is 0 Å². The molecule has 4 rings (SSSR count). The second kappa shape index (κ2) is 8.87. The normalized spacial score (nSPS) is 15.4. The van der Waals surface area contributed by atoms with E-state index in [0.717, 1.165) is 33.8 Å². The van der Waals surface area contributed by atoms with Gasteiger partial charge in [-0.3, -0.25) is 19.8 Å². The third-order valence-electron chi connectivity index (χ3n) is 5.88. The highest BCUT2D eigenvalue weighted by molar-refractivity contribution is 14.1. The van der Waals surface area contributed by atoms with Crippen LogP contribution in [-0.2, 0) is 9.59 Å². The minimum atomic E-state index is -0.485. The largest absolute Gasteiger partial charge is 0.318 e. The molecule has 0 aliphatic carbocycles. The summed E-state index contributed by atoms with van der Waals surface area (Å²) in [6.07, 6.45) is 1.66. The molecule has 1 N–H and O–H groups in total. The van der Waals surface area contributed by atoms with E-state index in [1.165, 1.54) is 14.0 Å². The third-order valence-corrected chi connectivity index (χ3v) is 7.37. The number of carbonyl (C=O) groups is 2. The zero-order valence-corrected chi connectivity index (χ0v) is 22.1. The Morgan fingerprint density at radius 3 is 2.36 bits per heavy atom. The van der Waals surface area contributed by atoms with Crippen molar-refractivity contribution in [3.05, 3.63) is 85.2 Å². The number of amides is 2. The highest BCUT2D eigenvalue weighted by Gasteiger charge is 2.35. The van der Waals surface area contributed by atoms with Gasteiger partial charge < -0.3 is 4.57 Å². The number of rotatable bonds is 3. The standard InChI is InChI=1S/C26H24IN3O2S/c1-14-6-7-15(2)23(10-14)30-25(32)21(24(31)28-26(30)33)13-19-12-17(4)29(18(19)5)20-8-9-22(27)16(3)11-20/h6-13H,1-5H3,(H,28,31,33)/b21-13-. The van der Waals surface area contributed by atoms with E-state index in [0.29, 0.717) is 5.69 Å². The number of nitrogens with one attached hydrogen (secondary N) is 1. The van der Waals surface area contributed by atoms with Gasteiger partial charge in [0.15, 0.2) is 5.11 Å². The van der Waals surface area contributed by atoms with E-state index in [2.05, 4.69) is 57.6 Å². The Bertz CT molecular complexity index is 1370. The van der Waals surface area contributed by atoms with Gasteiger partial charge in [-0.1, -0.05) is 12.1 Å². The van der Waals surface area contributed by atoms with Gasteiger partial charge >= 0.3 is 0 Å². The Balaban J connectivity index is 1.79. The summed E-state index contributed by atoms with van der Waals surface area (Å²) in [4.78, 5) is 27.7. The number of aryl methyl sites for hydroxylation is 4. The molecule has 168 valence electrons. The Kier molecular flexibility index (Phi) is 6.28. The summed E-state index contributed by atoms with van der Waals surface area (Å²) in [6, 6.07) is 14.1. The molecule has 1 fully saturated rings. The first-order valence-corrected chi connectivity index (χ1v) is 12.0. The van der Waals surface area contributed by atoms with Gasteiger partial charge in [0.05, 0.1) is 5.69 Å². The fraction of sp³-hybridized carbons (Fsp3) is 0.192. The van der Waals surface area contributed by atoms with Crippen molar-refractivity contribution < 1.29 is 9.59 Å². The van der Waals surface area contributed by atoms with Gasteiger partial charge in [0.25, 0.3) is 11.8 Å². The molecular formula is C26H24IN3O2S. The number of anilines is 1. The molecule has 0 atom stereocenters. The molecule has 3 aromatic rings. The van der Waals surface area contributed by atoms with Crippen LogP contribution < -0.4 is 10.2 Å². The first-order chi connectivity index (χ1) is 15.6. The molecular weight excluding hydrogens is 545 g/mol. The number of hydrogen-bond acceptors (Lipinski definition) is 3. The number of halogens is 1. The first-order valence-electron chi connectivity index (χ1n) is 10.5. The summed E-state index contributed by atoms with van der Waals surface area (Å²) < 4.78 is 3.33. The lowest BCUT2D eigenvalue weighted by Crippen LogP contribution is -2.54. The molecule has 2 aromatic carbocycles. The van der Waals surface area contributed by atoms with Crippen LogP contribution in [0.4, 0.5) is 5.69 Å². The van der Waals surface area contributed by atoms with E-state index in [-0.39, 0.29) is 10.7 Å². The van der Waals surface area contributed by atoms with Gasteiger partial charge in [0, 0.05) is 20.6 Å². The predicted molar refractivity (Wildman–Crippen MR) is 145 cm³/mol. The zero-order valence-electron chi connectivity index (χ0n) is 19.1. The minimum Gasteiger partial charge on any atom is -0.318 e. The van der Waals surface area contributed by atoms with Crippen molar-refractivity contribution in [2.45, 2.75) is 34.6 Å². The SMILES string of the molecule is Cc1ccc(C)c(N2C(=O)/C(=C\c3cc(C)n(-c4ccc(I)c(C)c4)c3C)C(=O)NC2=S)c1. The van der Waals surface area contributed by atoms with Crippen molar-refractivity contribution in [3.63, 3.8) is 0 Å². The maximum Gasteiger partial charge on any atom is 0.270 e. The van der Waals surface area contributed by atoms with Crippen molar-refractivity contribution in [1.82, 2.24) is 9.88 Å². The molecule has 2 amide bonds. The number of benzene rings is 2. The summed E-state index contributed by atoms with van der Waals surface area (Å²) >= 11 is 7.68. The van der Waals surface area contributed by atoms with Crippen LogP contribution in [0.3, 0.4) is 0 Å². The average molecular weight is 569 g/mol. The number of thiocarbonyl (C=S) groups is 1. The molecule has 1 saturated heterocycles. The lowest BCUT2D eigenvalue weighted by atomic mass is 10.0. The van der Waals surface area contributed by atoms with Gasteiger partial charge in [-0.2, -0.15) is 0 Å². The van der Waals surface area contributed by atoms with Crippen LogP contribution in [0, 0.1) is 38.2 Å². The smallest absolute Gasteiger partial charge is 0.270 e. The second-order valence-electron chi connectivity index (χ2n) is 8.34. The van der Waals surface area contributed by atoms with Crippen molar-refractivity contribution in [3.8, 4) is 5.69 Å². The quantitative estimate of drug-likeness (QED) is 0.198. The molecule has 0 bridgehead atoms. The highest BCUT2D eigenvalue weighted by atomic mass is 127. The summed E-state index contributed by atoms with van der Waals surface area (Å²) in [5.74, 6) is -0.908. The van der Waals surface area contributed by atoms with E-state index in [4.69, 9.17) is 12.2 Å². The summed E-state index contributed by atoms with van der Waals surface area (Å²) in [7, 11) is 0. The predicted octanol–water partition coefficient (Wildman–Crippen LogP) is 5.46. The van der Waals surface area contributed by atoms with E-state index < -0.39 is 11.8 Å². The number of hydrogen-bond donors (Lipinski definition) is 1. The Labute approximate surface area is 212 Å². The van der Waals surface area contributed by atoms with E-state index in [9.17, 15) is 9.59 Å². The lowest BCUT2D eigenvalue weighted by Gasteiger charge is -2.30. The molecule has 1 aliphatic rings. The number of aromatic nitrogens is 1. The van der Waals surface area contributed by atoms with Gasteiger partial charge in [0.1, 0.15) is 5.57 Å². The second-order valence-corrected chi connectivity index (χ2v) is 9.89. The first kappa shape index (κ1) is 23.4. The zero-order chi connectivity index (χ0) is 24.0. The Morgan fingerprint density at radius 1 is 0.939 bits per heavy atom. The highest BCUT2D eigenvalue weighted by Crippen LogP contribution is 2.29. The third kappa shape index (κ3) is 4.27. The molecule has 33 heavy (non-hydrogen) atoms. The molecule has 2 heterocycles. The number of carbonyl (C=O) groups excluding carboxylic acids is 2. The van der Waals surface area contributed by atoms with Gasteiger partial charge in [0.2, 0.25) is 0 Å². The number of nitrogens with zero attached hydrogens (tertiary/aromatic N) is 2. The van der Waals surface area contributed by atoms with Gasteiger partial charge in [-0.25, -0.2) is 0 Å². The van der Waals surface area contributed by atoms with Crippen LogP contribution in [-0.4, -0.2) is 21.5 Å². The maximum absolute atomic E-state index is 13.5. The molecule has 0 radical (unpaired) electrons. The summed E-state index contributed by atoms with van der Waals surface area (Å²) in [6.45, 7) is 9.96. The van der Waals surface area contributed by atoms with Crippen LogP contribution in [0.2, 0.25) is 0 Å². The summed E-state index contributed by atoms with van der Waals surface area (Å²) in [5, 5.41) is 2.78. The fourth-order valence-electron chi connectivity index (χ4n) is 4.09. The van der Waals surface area contributed by atoms with Crippen molar-refractivity contribution >= 4 is 63.5 Å². The molecule has 1 aromatic heterocycles. The van der Waals surface area contributed by atoms with Crippen molar-refractivity contribution in [2.75, 3.05) is 4.90 Å². The van der Waals surface area contributed by atoms with Crippen molar-refractivity contribution in [1.29, 1.82) is 0 Å². The topological polar surface area (TPSA) is 54.3 Å². The average Bonchev–Trinajstić information content (AvgIpc) is 3.02. The molecule has 1 aliphatic heterocycles. The van der Waals surface area contributed by atoms with E-state index in [1.54, 1.807) is 6.08 Å². The molecule has 5 nitrogen and oxygen atoms in total. The monoisotopic (exact) mass is 569 g/mol. The van der Waals surface area contributed by atoms with E-state index in [1.807, 2.05) is 52.0 Å². The summed E-state index contributed by atoms with van der Waals surface area (Å²) in [5.41, 5.74) is 7.67. The molecule has 0 saturated carbocycles. The van der Waals surface area contributed by atoms with Gasteiger partial charge in [-0.05, 0) is 128 Å². The molecule has 0 unspecified atom stereocenters. The van der Waals surface area contributed by atoms with Crippen LogP contribution >= 0.6 is 34.8 Å². The lowest BCUT2D eigenvalue weighted by molar-refractivity contribution is -0.122. The Hall–Kier alpha value is -2.78. The Morgan fingerprint density at radius 2 is 1.67 bits per heavy atom. The van der Waals surface area contributed by atoms with Crippen LogP contribution in [0.5, 0.6) is 0 Å². The van der Waals surface area contributed by atoms with Crippen LogP contribution in [0.15, 0.2) is 48.0 Å².